The number of hydrogen-bond acceptors (Lipinski definition) is 12. The Bertz CT molecular complexity index is 1510. The van der Waals surface area contributed by atoms with Gasteiger partial charge in [-0.25, -0.2) is 4.98 Å². The predicted octanol–water partition coefficient (Wildman–Crippen LogP) is 6.00. The van der Waals surface area contributed by atoms with E-state index in [9.17, 15) is 0 Å². The van der Waals surface area contributed by atoms with E-state index in [1.54, 1.807) is 25.3 Å². The first-order valence-corrected chi connectivity index (χ1v) is 18.0. The molecule has 0 saturated carbocycles. The summed E-state index contributed by atoms with van der Waals surface area (Å²) in [5, 5.41) is 6.93. The van der Waals surface area contributed by atoms with Gasteiger partial charge in [0.05, 0.1) is 23.0 Å². The molecule has 2 N–H and O–H groups in total. The van der Waals surface area contributed by atoms with Gasteiger partial charge in [-0.05, 0) is 79.1 Å². The first kappa shape index (κ1) is 32.8. The molecule has 0 unspecified atom stereocenters. The molecule has 3 aliphatic heterocycles. The van der Waals surface area contributed by atoms with Gasteiger partial charge in [-0.3, -0.25) is 4.90 Å². The Morgan fingerprint density at radius 1 is 1.04 bits per heavy atom. The predicted molar refractivity (Wildman–Crippen MR) is 192 cm³/mol. The number of ether oxygens (including phenoxy) is 3. The summed E-state index contributed by atoms with van der Waals surface area (Å²) in [5.41, 5.74) is 5.09. The van der Waals surface area contributed by atoms with Crippen LogP contribution in [0.4, 0.5) is 34.5 Å². The third kappa shape index (κ3) is 7.07. The number of nitrogens with zero attached hydrogens (tertiary/aromatic N) is 6. The lowest BCUT2D eigenvalue weighted by Crippen LogP contribution is -2.53. The lowest BCUT2D eigenvalue weighted by atomic mass is 10.0. The first-order valence-electron chi connectivity index (χ1n) is 16.0. The minimum absolute atomic E-state index is 0.461. The minimum atomic E-state index is 0.461. The van der Waals surface area contributed by atoms with Crippen molar-refractivity contribution in [2.45, 2.75) is 32.2 Å². The van der Waals surface area contributed by atoms with Gasteiger partial charge in [-0.1, -0.05) is 18.9 Å². The molecule has 0 aliphatic carbocycles. The van der Waals surface area contributed by atoms with Crippen molar-refractivity contribution in [1.29, 1.82) is 0 Å². The average molecular weight is 714 g/mol. The van der Waals surface area contributed by atoms with E-state index in [0.29, 0.717) is 31.0 Å². The second kappa shape index (κ2) is 14.7. The molecule has 2 saturated heterocycles. The Balaban J connectivity index is 1.20. The fraction of sp³-hybridized carbons (Fsp3) is 0.515. The maximum atomic E-state index is 6.03. The number of methoxy groups -OCH3 is 1. The maximum Gasteiger partial charge on any atom is 0.229 e. The van der Waals surface area contributed by atoms with Crippen LogP contribution in [0.25, 0.3) is 0 Å². The standard InChI is InChI=1S/C33H45BrN8O3S/c1-6-22-19-26(29(43-4)20-27(22)42-15-13-41(14-16-42)23-9-11-39(2)12-10-23)37-33-35-21-24(34)32(38-33)36-25-7-8-28-31(45-18-17-44-28)30(25)40(3)46-5/h7-8,19-21,23H,6,9-18H2,1-5H3,(H2,35,36,37,38). The van der Waals surface area contributed by atoms with Crippen LogP contribution in [0.5, 0.6) is 17.2 Å². The SMILES string of the molecule is CCc1cc(Nc2ncc(Br)c(Nc3ccc4c(c3N(C)SC)OCCO4)n2)c(OC)cc1N1CCN(C2CCN(C)CC2)CC1. The summed E-state index contributed by atoms with van der Waals surface area (Å²) in [6.07, 6.45) is 7.22. The van der Waals surface area contributed by atoms with E-state index in [1.165, 1.54) is 37.2 Å². The largest absolute Gasteiger partial charge is 0.494 e. The van der Waals surface area contributed by atoms with Crippen LogP contribution < -0.4 is 34.0 Å². The zero-order valence-electron chi connectivity index (χ0n) is 27.4. The topological polar surface area (TPSA) is 90.5 Å². The number of anilines is 6. The Kier molecular flexibility index (Phi) is 10.5. The number of piperidine rings is 1. The molecule has 4 heterocycles. The third-order valence-corrected chi connectivity index (χ3v) is 10.5. The van der Waals surface area contributed by atoms with E-state index in [1.807, 2.05) is 25.4 Å². The number of benzene rings is 2. The van der Waals surface area contributed by atoms with E-state index >= 15 is 0 Å². The van der Waals surface area contributed by atoms with Crippen LogP contribution in [0.1, 0.15) is 25.3 Å². The van der Waals surface area contributed by atoms with Gasteiger partial charge >= 0.3 is 0 Å². The molecule has 0 radical (unpaired) electrons. The van der Waals surface area contributed by atoms with Crippen molar-refractivity contribution >= 4 is 62.4 Å². The molecule has 1 aromatic heterocycles. The van der Waals surface area contributed by atoms with Crippen molar-refractivity contribution < 1.29 is 14.2 Å². The fourth-order valence-electron chi connectivity index (χ4n) is 6.52. The zero-order chi connectivity index (χ0) is 32.2. The Labute approximate surface area is 285 Å². The second-order valence-electron chi connectivity index (χ2n) is 11.9. The number of hydrogen-bond donors (Lipinski definition) is 2. The smallest absolute Gasteiger partial charge is 0.229 e. The molecule has 0 bridgehead atoms. The number of aromatic nitrogens is 2. The van der Waals surface area contributed by atoms with Crippen molar-refractivity contribution in [2.75, 3.05) is 99.8 Å². The second-order valence-corrected chi connectivity index (χ2v) is 13.7. The number of rotatable bonds is 10. The molecule has 3 aliphatic rings. The first-order chi connectivity index (χ1) is 22.4. The van der Waals surface area contributed by atoms with Crippen molar-refractivity contribution in [3.63, 3.8) is 0 Å². The van der Waals surface area contributed by atoms with Crippen molar-refractivity contribution in [3.8, 4) is 17.2 Å². The van der Waals surface area contributed by atoms with Crippen molar-refractivity contribution in [1.82, 2.24) is 19.8 Å². The lowest BCUT2D eigenvalue weighted by Gasteiger charge is -2.43. The maximum absolute atomic E-state index is 6.03. The number of likely N-dealkylation sites (tertiary alicyclic amines) is 1. The molecule has 2 fully saturated rings. The number of nitrogens with one attached hydrogen (secondary N) is 2. The van der Waals surface area contributed by atoms with Gasteiger partial charge in [0, 0.05) is 63.5 Å². The van der Waals surface area contributed by atoms with Gasteiger partial charge in [-0.15, -0.1) is 0 Å². The number of halogens is 1. The summed E-state index contributed by atoms with van der Waals surface area (Å²) in [5.74, 6) is 3.30. The molecule has 0 atom stereocenters. The van der Waals surface area contributed by atoms with Crippen LogP contribution in [0, 0.1) is 0 Å². The van der Waals surface area contributed by atoms with E-state index in [2.05, 4.69) is 76.7 Å². The number of piperazine rings is 1. The van der Waals surface area contributed by atoms with Crippen LogP contribution in [-0.2, 0) is 6.42 Å². The highest BCUT2D eigenvalue weighted by atomic mass is 79.9. The fourth-order valence-corrected chi connectivity index (χ4v) is 7.17. The summed E-state index contributed by atoms with van der Waals surface area (Å²) in [7, 11) is 5.95. The average Bonchev–Trinajstić information content (AvgIpc) is 3.09. The van der Waals surface area contributed by atoms with Gasteiger partial charge in [0.15, 0.2) is 11.5 Å². The van der Waals surface area contributed by atoms with Crippen LogP contribution in [0.2, 0.25) is 0 Å². The monoisotopic (exact) mass is 712 g/mol. The van der Waals surface area contributed by atoms with Crippen LogP contribution in [0.15, 0.2) is 34.9 Å². The minimum Gasteiger partial charge on any atom is -0.494 e. The highest BCUT2D eigenvalue weighted by Crippen LogP contribution is 2.47. The molecule has 46 heavy (non-hydrogen) atoms. The Morgan fingerprint density at radius 2 is 1.80 bits per heavy atom. The molecule has 13 heteroatoms. The summed E-state index contributed by atoms with van der Waals surface area (Å²) in [6.45, 7) is 9.89. The van der Waals surface area contributed by atoms with E-state index < -0.39 is 0 Å². The summed E-state index contributed by atoms with van der Waals surface area (Å²) in [4.78, 5) is 17.1. The molecule has 6 rings (SSSR count). The van der Waals surface area contributed by atoms with E-state index in [0.717, 1.165) is 71.4 Å². The summed E-state index contributed by atoms with van der Waals surface area (Å²) in [6, 6.07) is 8.98. The Morgan fingerprint density at radius 3 is 2.52 bits per heavy atom. The molecular weight excluding hydrogens is 668 g/mol. The molecule has 2 aromatic carbocycles. The van der Waals surface area contributed by atoms with Gasteiger partial charge in [0.25, 0.3) is 0 Å². The molecular formula is C33H45BrN8O3S. The summed E-state index contributed by atoms with van der Waals surface area (Å²) < 4.78 is 20.6. The van der Waals surface area contributed by atoms with Crippen LogP contribution in [0.3, 0.4) is 0 Å². The normalized spacial score (nSPS) is 17.6. The Hall–Kier alpha value is -3.13. The highest BCUT2D eigenvalue weighted by molar-refractivity contribution is 9.10. The molecule has 0 amide bonds. The van der Waals surface area contributed by atoms with Crippen LogP contribution in [-0.4, -0.2) is 106 Å². The molecule has 248 valence electrons. The third-order valence-electron chi connectivity index (χ3n) is 9.16. The van der Waals surface area contributed by atoms with Crippen molar-refractivity contribution in [3.05, 3.63) is 40.5 Å². The highest BCUT2D eigenvalue weighted by Gasteiger charge is 2.28. The van der Waals surface area contributed by atoms with E-state index in [4.69, 9.17) is 19.2 Å². The summed E-state index contributed by atoms with van der Waals surface area (Å²) >= 11 is 5.23. The molecule has 3 aromatic rings. The quantitative estimate of drug-likeness (QED) is 0.242. The van der Waals surface area contributed by atoms with Gasteiger partial charge in [-0.2, -0.15) is 4.98 Å². The lowest BCUT2D eigenvalue weighted by molar-refractivity contribution is 0.115. The molecule has 11 nitrogen and oxygen atoms in total. The van der Waals surface area contributed by atoms with E-state index in [-0.39, 0.29) is 0 Å². The molecule has 0 spiro atoms. The zero-order valence-corrected chi connectivity index (χ0v) is 29.8. The van der Waals surface area contributed by atoms with Crippen LogP contribution >= 0.6 is 27.9 Å². The van der Waals surface area contributed by atoms with Gasteiger partial charge in [0.1, 0.15) is 30.5 Å². The number of fused-ring (bicyclic) bond motifs is 1. The van der Waals surface area contributed by atoms with Gasteiger partial charge < -0.3 is 38.9 Å². The number of aryl methyl sites for hydroxylation is 1. The van der Waals surface area contributed by atoms with Gasteiger partial charge in [0.2, 0.25) is 5.95 Å². The van der Waals surface area contributed by atoms with Crippen molar-refractivity contribution in [2.24, 2.45) is 0 Å².